The Labute approximate surface area is 140 Å². The Balaban J connectivity index is 2.00. The molecule has 7 nitrogen and oxygen atoms in total. The van der Waals surface area contributed by atoms with Gasteiger partial charge >= 0.3 is 0 Å². The van der Waals surface area contributed by atoms with Crippen molar-refractivity contribution in [3.05, 3.63) is 48.2 Å². The Morgan fingerprint density at radius 3 is 2.42 bits per heavy atom. The average molecular weight is 344 g/mol. The molecule has 0 aliphatic heterocycles. The molecule has 2 aromatic heterocycles. The van der Waals surface area contributed by atoms with Gasteiger partial charge in [-0.2, -0.15) is 0 Å². The molecule has 0 fully saturated rings. The fourth-order valence-corrected chi connectivity index (χ4v) is 3.05. The molecule has 3 aromatic rings. The van der Waals surface area contributed by atoms with Crippen molar-refractivity contribution in [3.63, 3.8) is 0 Å². The van der Waals surface area contributed by atoms with Crippen LogP contribution in [-0.2, 0) is 10.0 Å². The van der Waals surface area contributed by atoms with Crippen LogP contribution in [0.5, 0.6) is 0 Å². The fourth-order valence-electron chi connectivity index (χ4n) is 2.11. The van der Waals surface area contributed by atoms with Gasteiger partial charge in [-0.05, 0) is 37.3 Å². The summed E-state index contributed by atoms with van der Waals surface area (Å²) in [5.74, 6) is 0.527. The van der Waals surface area contributed by atoms with Crippen molar-refractivity contribution in [2.45, 2.75) is 11.8 Å². The summed E-state index contributed by atoms with van der Waals surface area (Å²) < 4.78 is 31.3. The van der Waals surface area contributed by atoms with Crippen molar-refractivity contribution in [2.75, 3.05) is 14.1 Å². The maximum Gasteiger partial charge on any atom is 0.266 e. The zero-order chi connectivity index (χ0) is 17.3. The van der Waals surface area contributed by atoms with Crippen molar-refractivity contribution in [1.29, 1.82) is 0 Å². The van der Waals surface area contributed by atoms with Crippen molar-refractivity contribution in [3.8, 4) is 23.0 Å². The molecule has 1 aromatic carbocycles. The zero-order valence-corrected chi connectivity index (χ0v) is 14.3. The van der Waals surface area contributed by atoms with E-state index in [2.05, 4.69) is 15.2 Å². The molecule has 0 radical (unpaired) electrons. The second kappa shape index (κ2) is 6.14. The van der Waals surface area contributed by atoms with Gasteiger partial charge in [-0.15, -0.1) is 10.2 Å². The molecule has 24 heavy (non-hydrogen) atoms. The zero-order valence-electron chi connectivity index (χ0n) is 13.5. The van der Waals surface area contributed by atoms with Gasteiger partial charge in [-0.3, -0.25) is 0 Å². The highest BCUT2D eigenvalue weighted by Gasteiger charge is 2.19. The monoisotopic (exact) mass is 344 g/mol. The van der Waals surface area contributed by atoms with Crippen LogP contribution in [0.3, 0.4) is 0 Å². The maximum atomic E-state index is 12.2. The minimum absolute atomic E-state index is 0.165. The topological polar surface area (TPSA) is 89.2 Å². The number of hydrogen-bond acceptors (Lipinski definition) is 6. The van der Waals surface area contributed by atoms with Gasteiger partial charge in [0.15, 0.2) is 0 Å². The Kier molecular flexibility index (Phi) is 4.16. The first kappa shape index (κ1) is 16.3. The molecule has 124 valence electrons. The molecule has 0 atom stereocenters. The highest BCUT2D eigenvalue weighted by atomic mass is 32.2. The van der Waals surface area contributed by atoms with E-state index in [1.165, 1.54) is 26.2 Å². The number of rotatable bonds is 4. The van der Waals surface area contributed by atoms with E-state index in [0.29, 0.717) is 11.3 Å². The lowest BCUT2D eigenvalue weighted by Gasteiger charge is -2.11. The SMILES string of the molecule is Cc1cccc(-c2nnc(-c3cccc(S(=O)(=O)N(C)C)c3)o2)n1. The lowest BCUT2D eigenvalue weighted by atomic mass is 10.2. The van der Waals surface area contributed by atoms with Crippen molar-refractivity contribution >= 4 is 10.0 Å². The van der Waals surface area contributed by atoms with Crippen LogP contribution in [0.1, 0.15) is 5.69 Å². The number of pyridine rings is 1. The summed E-state index contributed by atoms with van der Waals surface area (Å²) in [6, 6.07) is 11.9. The van der Waals surface area contributed by atoms with E-state index in [-0.39, 0.29) is 16.7 Å². The van der Waals surface area contributed by atoms with Crippen LogP contribution in [0.2, 0.25) is 0 Å². The fraction of sp³-hybridized carbons (Fsp3) is 0.188. The Hall–Kier alpha value is -2.58. The van der Waals surface area contributed by atoms with Gasteiger partial charge in [0.25, 0.3) is 5.89 Å². The minimum atomic E-state index is -3.53. The largest absolute Gasteiger partial charge is 0.415 e. The van der Waals surface area contributed by atoms with Crippen LogP contribution in [0, 0.1) is 6.92 Å². The first-order valence-corrected chi connectivity index (χ1v) is 8.62. The molecule has 0 spiro atoms. The van der Waals surface area contributed by atoms with Gasteiger partial charge < -0.3 is 4.42 Å². The smallest absolute Gasteiger partial charge is 0.266 e. The van der Waals surface area contributed by atoms with E-state index in [4.69, 9.17) is 4.42 Å². The Morgan fingerprint density at radius 2 is 1.71 bits per heavy atom. The van der Waals surface area contributed by atoms with Gasteiger partial charge in [-0.25, -0.2) is 17.7 Å². The van der Waals surface area contributed by atoms with Crippen molar-refractivity contribution in [2.24, 2.45) is 0 Å². The molecule has 0 bridgehead atoms. The van der Waals surface area contributed by atoms with Gasteiger partial charge in [0.05, 0.1) is 4.90 Å². The van der Waals surface area contributed by atoms with Crippen molar-refractivity contribution < 1.29 is 12.8 Å². The standard InChI is InChI=1S/C16H16N4O3S/c1-11-6-4-9-14(17-11)16-19-18-15(23-16)12-7-5-8-13(10-12)24(21,22)20(2)3/h4-10H,1-3H3. The van der Waals surface area contributed by atoms with Gasteiger partial charge in [0.1, 0.15) is 5.69 Å². The molecular formula is C16H16N4O3S. The molecule has 0 amide bonds. The molecule has 0 saturated heterocycles. The summed E-state index contributed by atoms with van der Waals surface area (Å²) in [7, 11) is -0.563. The average Bonchev–Trinajstić information content (AvgIpc) is 3.05. The molecule has 0 saturated carbocycles. The number of aryl methyl sites for hydroxylation is 1. The van der Waals surface area contributed by atoms with E-state index >= 15 is 0 Å². The highest BCUT2D eigenvalue weighted by molar-refractivity contribution is 7.89. The number of aromatic nitrogens is 3. The second-order valence-corrected chi connectivity index (χ2v) is 7.54. The molecule has 0 N–H and O–H groups in total. The van der Waals surface area contributed by atoms with Crippen LogP contribution >= 0.6 is 0 Å². The summed E-state index contributed by atoms with van der Waals surface area (Å²) in [5, 5.41) is 7.99. The molecule has 3 rings (SSSR count). The Morgan fingerprint density at radius 1 is 1.00 bits per heavy atom. The third-order valence-electron chi connectivity index (χ3n) is 3.39. The van der Waals surface area contributed by atoms with Gasteiger partial charge in [0, 0.05) is 25.4 Å². The molecule has 2 heterocycles. The van der Waals surface area contributed by atoms with E-state index in [0.717, 1.165) is 10.00 Å². The van der Waals surface area contributed by atoms with Crippen LogP contribution in [0.4, 0.5) is 0 Å². The number of benzene rings is 1. The molecule has 0 aliphatic rings. The number of hydrogen-bond donors (Lipinski definition) is 0. The van der Waals surface area contributed by atoms with Gasteiger partial charge in [-0.1, -0.05) is 12.1 Å². The molecule has 0 aliphatic carbocycles. The predicted octanol–water partition coefficient (Wildman–Crippen LogP) is 2.36. The Bertz CT molecular complexity index is 980. The first-order chi connectivity index (χ1) is 11.4. The van der Waals surface area contributed by atoms with E-state index in [1.54, 1.807) is 18.2 Å². The summed E-state index contributed by atoms with van der Waals surface area (Å²) in [5.41, 5.74) is 1.95. The summed E-state index contributed by atoms with van der Waals surface area (Å²) in [6.07, 6.45) is 0. The molecular weight excluding hydrogens is 328 g/mol. The van der Waals surface area contributed by atoms with Gasteiger partial charge in [0.2, 0.25) is 15.9 Å². The normalized spacial score (nSPS) is 11.8. The van der Waals surface area contributed by atoms with E-state index in [9.17, 15) is 8.42 Å². The van der Waals surface area contributed by atoms with Crippen LogP contribution in [0.25, 0.3) is 23.0 Å². The second-order valence-electron chi connectivity index (χ2n) is 5.39. The summed E-state index contributed by atoms with van der Waals surface area (Å²) >= 11 is 0. The van der Waals surface area contributed by atoms with Crippen molar-refractivity contribution in [1.82, 2.24) is 19.5 Å². The molecule has 8 heteroatoms. The quantitative estimate of drug-likeness (QED) is 0.722. The van der Waals surface area contributed by atoms with Crippen LogP contribution in [0.15, 0.2) is 51.8 Å². The number of nitrogens with zero attached hydrogens (tertiary/aromatic N) is 4. The van der Waals surface area contributed by atoms with E-state index < -0.39 is 10.0 Å². The summed E-state index contributed by atoms with van der Waals surface area (Å²) in [4.78, 5) is 4.50. The minimum Gasteiger partial charge on any atom is -0.415 e. The molecule has 0 unspecified atom stereocenters. The predicted molar refractivity (Wildman–Crippen MR) is 88.6 cm³/mol. The summed E-state index contributed by atoms with van der Waals surface area (Å²) in [6.45, 7) is 1.87. The van der Waals surface area contributed by atoms with Crippen LogP contribution in [-0.4, -0.2) is 42.0 Å². The lowest BCUT2D eigenvalue weighted by Crippen LogP contribution is -2.22. The maximum absolute atomic E-state index is 12.2. The third-order valence-corrected chi connectivity index (χ3v) is 5.20. The lowest BCUT2D eigenvalue weighted by molar-refractivity contribution is 0.520. The van der Waals surface area contributed by atoms with Crippen LogP contribution < -0.4 is 0 Å². The first-order valence-electron chi connectivity index (χ1n) is 7.18. The third kappa shape index (κ3) is 3.06. The van der Waals surface area contributed by atoms with E-state index in [1.807, 2.05) is 19.1 Å². The highest BCUT2D eigenvalue weighted by Crippen LogP contribution is 2.25. The number of sulfonamides is 1.